The summed E-state index contributed by atoms with van der Waals surface area (Å²) >= 11 is 0. The van der Waals surface area contributed by atoms with E-state index in [1.807, 2.05) is 52.0 Å². The number of benzene rings is 1. The van der Waals surface area contributed by atoms with Gasteiger partial charge in [-0.15, -0.1) is 0 Å². The Kier molecular flexibility index (Phi) is 8.38. The predicted molar refractivity (Wildman–Crippen MR) is 94.0 cm³/mol. The Hall–Kier alpha value is -1.84. The molecule has 0 fully saturated rings. The van der Waals surface area contributed by atoms with Gasteiger partial charge in [0.2, 0.25) is 11.8 Å². The minimum absolute atomic E-state index is 0.0487. The molecular weight excluding hydrogens is 288 g/mol. The number of rotatable bonds is 9. The van der Waals surface area contributed by atoms with Gasteiger partial charge in [-0.25, -0.2) is 0 Å². The van der Waals surface area contributed by atoms with Crippen molar-refractivity contribution in [3.8, 4) is 0 Å². The molecular formula is C19H30N2O2. The average Bonchev–Trinajstić information content (AvgIpc) is 2.54. The summed E-state index contributed by atoms with van der Waals surface area (Å²) in [6.45, 7) is 9.14. The second-order valence-corrected chi connectivity index (χ2v) is 5.91. The largest absolute Gasteiger partial charge is 0.354 e. The van der Waals surface area contributed by atoms with Crippen LogP contribution in [0.4, 0.5) is 0 Å². The second-order valence-electron chi connectivity index (χ2n) is 5.91. The predicted octanol–water partition coefficient (Wildman–Crippen LogP) is 3.43. The van der Waals surface area contributed by atoms with E-state index in [2.05, 4.69) is 5.32 Å². The van der Waals surface area contributed by atoms with Gasteiger partial charge in [-0.1, -0.05) is 45.0 Å². The number of carbonyl (C=O) groups excluding carboxylic acids is 2. The van der Waals surface area contributed by atoms with E-state index in [4.69, 9.17) is 0 Å². The molecule has 4 nitrogen and oxygen atoms in total. The molecule has 128 valence electrons. The summed E-state index contributed by atoms with van der Waals surface area (Å²) in [5, 5.41) is 2.93. The molecule has 1 rings (SSSR count). The van der Waals surface area contributed by atoms with Crippen LogP contribution in [0.5, 0.6) is 0 Å². The van der Waals surface area contributed by atoms with Gasteiger partial charge in [-0.05, 0) is 37.3 Å². The molecule has 0 radical (unpaired) electrons. The van der Waals surface area contributed by atoms with E-state index in [-0.39, 0.29) is 11.8 Å². The molecule has 1 atom stereocenters. The molecule has 0 aliphatic heterocycles. The lowest BCUT2D eigenvalue weighted by atomic mass is 10.1. The van der Waals surface area contributed by atoms with Crippen molar-refractivity contribution < 1.29 is 9.59 Å². The number of nitrogens with zero attached hydrogens (tertiary/aromatic N) is 1. The molecule has 0 aromatic heterocycles. The molecule has 23 heavy (non-hydrogen) atoms. The van der Waals surface area contributed by atoms with Gasteiger partial charge in [-0.2, -0.15) is 0 Å². The molecule has 1 unspecified atom stereocenters. The van der Waals surface area contributed by atoms with E-state index < -0.39 is 6.04 Å². The van der Waals surface area contributed by atoms with Crippen LogP contribution in [0, 0.1) is 6.92 Å². The molecule has 0 heterocycles. The maximum atomic E-state index is 12.6. The van der Waals surface area contributed by atoms with E-state index in [1.54, 1.807) is 4.90 Å². The van der Waals surface area contributed by atoms with Crippen molar-refractivity contribution in [2.75, 3.05) is 6.54 Å². The van der Waals surface area contributed by atoms with E-state index in [9.17, 15) is 9.59 Å². The van der Waals surface area contributed by atoms with Crippen molar-refractivity contribution in [2.24, 2.45) is 0 Å². The van der Waals surface area contributed by atoms with Crippen molar-refractivity contribution in [3.63, 3.8) is 0 Å². The van der Waals surface area contributed by atoms with E-state index in [0.717, 1.165) is 24.0 Å². The van der Waals surface area contributed by atoms with E-state index in [0.29, 0.717) is 25.9 Å². The van der Waals surface area contributed by atoms with Gasteiger partial charge < -0.3 is 10.2 Å². The monoisotopic (exact) mass is 318 g/mol. The van der Waals surface area contributed by atoms with Gasteiger partial charge in [0, 0.05) is 19.5 Å². The van der Waals surface area contributed by atoms with Crippen molar-refractivity contribution in [1.29, 1.82) is 0 Å². The van der Waals surface area contributed by atoms with Crippen LogP contribution in [0.3, 0.4) is 0 Å². The first-order chi connectivity index (χ1) is 11.0. The lowest BCUT2D eigenvalue weighted by molar-refractivity contribution is -0.141. The summed E-state index contributed by atoms with van der Waals surface area (Å²) in [6.07, 6.45) is 2.78. The minimum atomic E-state index is -0.403. The Morgan fingerprint density at radius 3 is 2.39 bits per heavy atom. The highest BCUT2D eigenvalue weighted by Gasteiger charge is 2.28. The zero-order chi connectivity index (χ0) is 17.2. The highest BCUT2D eigenvalue weighted by molar-refractivity contribution is 5.87. The van der Waals surface area contributed by atoms with Crippen LogP contribution in [0.25, 0.3) is 0 Å². The van der Waals surface area contributed by atoms with Gasteiger partial charge >= 0.3 is 0 Å². The minimum Gasteiger partial charge on any atom is -0.354 e. The molecule has 0 spiro atoms. The van der Waals surface area contributed by atoms with Crippen molar-refractivity contribution in [3.05, 3.63) is 35.4 Å². The summed E-state index contributed by atoms with van der Waals surface area (Å²) in [5.41, 5.74) is 2.24. The normalized spacial score (nSPS) is 11.8. The van der Waals surface area contributed by atoms with Crippen LogP contribution in [0.15, 0.2) is 24.3 Å². The maximum absolute atomic E-state index is 12.6. The first-order valence-electron chi connectivity index (χ1n) is 8.66. The van der Waals surface area contributed by atoms with Crippen LogP contribution in [-0.4, -0.2) is 29.3 Å². The standard InChI is InChI=1S/C19H30N2O2/c1-5-10-18(22)21(14-16-12-9-8-11-15(16)4)17(7-3)19(23)20-13-6-2/h8-9,11-12,17H,5-7,10,13-14H2,1-4H3,(H,20,23). The van der Waals surface area contributed by atoms with Gasteiger partial charge in [0.25, 0.3) is 0 Å². The quantitative estimate of drug-likeness (QED) is 0.758. The molecule has 1 N–H and O–H groups in total. The Morgan fingerprint density at radius 1 is 1.13 bits per heavy atom. The molecule has 1 aromatic carbocycles. The molecule has 1 aromatic rings. The lowest BCUT2D eigenvalue weighted by Gasteiger charge is -2.31. The summed E-state index contributed by atoms with van der Waals surface area (Å²) in [4.78, 5) is 26.8. The number of hydrogen-bond acceptors (Lipinski definition) is 2. The third-order valence-electron chi connectivity index (χ3n) is 4.00. The van der Waals surface area contributed by atoms with Gasteiger partial charge in [0.05, 0.1) is 0 Å². The Balaban J connectivity index is 3.00. The molecule has 0 aliphatic carbocycles. The first kappa shape index (κ1) is 19.2. The van der Waals surface area contributed by atoms with Crippen LogP contribution < -0.4 is 5.32 Å². The molecule has 2 amide bonds. The van der Waals surface area contributed by atoms with Crippen molar-refractivity contribution in [2.45, 2.75) is 66.0 Å². The molecule has 0 aliphatic rings. The highest BCUT2D eigenvalue weighted by atomic mass is 16.2. The number of nitrogens with one attached hydrogen (secondary N) is 1. The van der Waals surface area contributed by atoms with Gasteiger partial charge in [-0.3, -0.25) is 9.59 Å². The highest BCUT2D eigenvalue weighted by Crippen LogP contribution is 2.16. The van der Waals surface area contributed by atoms with E-state index >= 15 is 0 Å². The van der Waals surface area contributed by atoms with E-state index in [1.165, 1.54) is 0 Å². The summed E-state index contributed by atoms with van der Waals surface area (Å²) < 4.78 is 0. The molecule has 4 heteroatoms. The van der Waals surface area contributed by atoms with Crippen LogP contribution in [-0.2, 0) is 16.1 Å². The second kappa shape index (κ2) is 10.0. The molecule has 0 bridgehead atoms. The third kappa shape index (κ3) is 5.70. The number of hydrogen-bond donors (Lipinski definition) is 1. The van der Waals surface area contributed by atoms with Gasteiger partial charge in [0.15, 0.2) is 0 Å². The molecule has 0 saturated heterocycles. The Morgan fingerprint density at radius 2 is 1.83 bits per heavy atom. The van der Waals surface area contributed by atoms with Crippen LogP contribution >= 0.6 is 0 Å². The summed E-state index contributed by atoms with van der Waals surface area (Å²) in [6, 6.07) is 7.62. The number of amides is 2. The maximum Gasteiger partial charge on any atom is 0.242 e. The molecule has 0 saturated carbocycles. The fraction of sp³-hybridized carbons (Fsp3) is 0.579. The lowest BCUT2D eigenvalue weighted by Crippen LogP contribution is -2.49. The summed E-state index contributed by atoms with van der Waals surface area (Å²) in [7, 11) is 0. The van der Waals surface area contributed by atoms with Gasteiger partial charge in [0.1, 0.15) is 6.04 Å². The zero-order valence-corrected chi connectivity index (χ0v) is 14.9. The fourth-order valence-electron chi connectivity index (χ4n) is 2.61. The summed E-state index contributed by atoms with van der Waals surface area (Å²) in [5.74, 6) is 0.00152. The fourth-order valence-corrected chi connectivity index (χ4v) is 2.61. The SMILES string of the molecule is CCCNC(=O)C(CC)N(Cc1ccccc1C)C(=O)CCC. The first-order valence-corrected chi connectivity index (χ1v) is 8.66. The van der Waals surface area contributed by atoms with Crippen molar-refractivity contribution in [1.82, 2.24) is 10.2 Å². The number of aryl methyl sites for hydroxylation is 1. The smallest absolute Gasteiger partial charge is 0.242 e. The topological polar surface area (TPSA) is 49.4 Å². The Bertz CT molecular complexity index is 514. The van der Waals surface area contributed by atoms with Crippen LogP contribution in [0.1, 0.15) is 57.6 Å². The Labute approximate surface area is 140 Å². The number of carbonyl (C=O) groups is 2. The van der Waals surface area contributed by atoms with Crippen molar-refractivity contribution >= 4 is 11.8 Å². The zero-order valence-electron chi connectivity index (χ0n) is 14.9. The third-order valence-corrected chi connectivity index (χ3v) is 4.00. The van der Waals surface area contributed by atoms with Crippen LogP contribution in [0.2, 0.25) is 0 Å². The average molecular weight is 318 g/mol.